The molecule has 10 atom stereocenters. The lowest BCUT2D eigenvalue weighted by Crippen LogP contribution is -2.39. The molecule has 6 N–H and O–H groups in total. The first-order valence-electron chi connectivity index (χ1n) is 12.3. The summed E-state index contributed by atoms with van der Waals surface area (Å²) in [7, 11) is -10.8. The number of aliphatic hydroxyl groups is 2. The van der Waals surface area contributed by atoms with Crippen LogP contribution in [0, 0.1) is 0 Å². The number of nitrogens with zero attached hydrogens (tertiary/aromatic N) is 4. The number of carbonyl (C=O) groups excluding carboxylic acids is 2. The molecule has 2 aromatic rings. The lowest BCUT2D eigenvalue weighted by molar-refractivity contribution is -0.104. The Morgan fingerprint density at radius 1 is 1.05 bits per heavy atom. The van der Waals surface area contributed by atoms with Crippen LogP contribution in [0.2, 0.25) is 0 Å². The maximum Gasteiger partial charge on any atom is 0.511 e. The fraction of sp³-hybridized carbons (Fsp3) is 0.632. The van der Waals surface area contributed by atoms with Crippen LogP contribution in [0.5, 0.6) is 0 Å². The molecular formula is C19H25N5O17P2. The van der Waals surface area contributed by atoms with Crippen LogP contribution < -0.4 is 5.73 Å². The highest BCUT2D eigenvalue weighted by atomic mass is 31.3. The van der Waals surface area contributed by atoms with E-state index in [1.54, 1.807) is 0 Å². The first-order chi connectivity index (χ1) is 20.3. The van der Waals surface area contributed by atoms with Crippen molar-refractivity contribution in [2.75, 3.05) is 25.6 Å². The van der Waals surface area contributed by atoms with E-state index in [1.165, 1.54) is 17.8 Å². The largest absolute Gasteiger partial charge is 0.511 e. The molecular weight excluding hydrogens is 632 g/mol. The van der Waals surface area contributed by atoms with Gasteiger partial charge in [-0.15, -0.1) is 0 Å². The van der Waals surface area contributed by atoms with E-state index < -0.39 is 90.3 Å². The highest BCUT2D eigenvalue weighted by Crippen LogP contribution is 2.60. The predicted octanol–water partition coefficient (Wildman–Crippen LogP) is -0.920. The van der Waals surface area contributed by atoms with Gasteiger partial charge in [0, 0.05) is 0 Å². The zero-order valence-electron chi connectivity index (χ0n) is 21.8. The van der Waals surface area contributed by atoms with Gasteiger partial charge in [-0.1, -0.05) is 0 Å². The second-order valence-electron chi connectivity index (χ2n) is 9.00. The Morgan fingerprint density at radius 3 is 2.44 bits per heavy atom. The molecule has 2 aromatic heterocycles. The van der Waals surface area contributed by atoms with Gasteiger partial charge < -0.3 is 54.2 Å². The van der Waals surface area contributed by atoms with Crippen LogP contribution in [0.25, 0.3) is 11.2 Å². The molecule has 0 spiro atoms. The number of nitrogens with two attached hydrogens (primary N) is 1. The second kappa shape index (κ2) is 12.2. The number of carbonyl (C=O) groups is 2. The van der Waals surface area contributed by atoms with Crippen molar-refractivity contribution in [1.82, 2.24) is 19.5 Å². The minimum absolute atomic E-state index is 0.0480. The summed E-state index contributed by atoms with van der Waals surface area (Å²) in [5.41, 5.74) is 6.10. The predicted molar refractivity (Wildman–Crippen MR) is 130 cm³/mol. The summed E-state index contributed by atoms with van der Waals surface area (Å²) in [5, 5.41) is 20.9. The van der Waals surface area contributed by atoms with E-state index in [0.29, 0.717) is 0 Å². The van der Waals surface area contributed by atoms with Crippen molar-refractivity contribution >= 4 is 44.9 Å². The number of aliphatic hydroxyl groups excluding tert-OH is 2. The van der Waals surface area contributed by atoms with E-state index in [2.05, 4.69) is 24.0 Å². The summed E-state index contributed by atoms with van der Waals surface area (Å²) in [5.74, 6) is 0.0480. The zero-order chi connectivity index (χ0) is 31.1. The van der Waals surface area contributed by atoms with Crippen LogP contribution in [-0.2, 0) is 50.9 Å². The maximum atomic E-state index is 12.4. The van der Waals surface area contributed by atoms with Crippen LogP contribution >= 0.6 is 15.6 Å². The smallest absolute Gasteiger partial charge is 0.435 e. The van der Waals surface area contributed by atoms with E-state index in [9.17, 15) is 38.7 Å². The molecule has 3 aliphatic rings. The fourth-order valence-corrected chi connectivity index (χ4v) is 6.44. The number of hydrogen-bond donors (Lipinski definition) is 5. The highest BCUT2D eigenvalue weighted by Gasteiger charge is 2.57. The van der Waals surface area contributed by atoms with Gasteiger partial charge in [-0.2, -0.15) is 4.31 Å². The summed E-state index contributed by atoms with van der Waals surface area (Å²) in [6.07, 6.45) is -11.3. The van der Waals surface area contributed by atoms with Crippen molar-refractivity contribution < 1.29 is 80.5 Å². The minimum atomic E-state index is -5.38. The van der Waals surface area contributed by atoms with Gasteiger partial charge in [-0.3, -0.25) is 13.6 Å². The first-order valence-corrected chi connectivity index (χ1v) is 15.2. The molecule has 2 unspecified atom stereocenters. The van der Waals surface area contributed by atoms with Crippen LogP contribution in [0.1, 0.15) is 13.2 Å². The van der Waals surface area contributed by atoms with Gasteiger partial charge in [0.05, 0.1) is 26.1 Å². The van der Waals surface area contributed by atoms with E-state index in [4.69, 9.17) is 38.5 Å². The zero-order valence-corrected chi connectivity index (χ0v) is 23.5. The first kappa shape index (κ1) is 31.4. The fourth-order valence-electron chi connectivity index (χ4n) is 4.35. The van der Waals surface area contributed by atoms with Gasteiger partial charge >= 0.3 is 28.0 Å². The molecule has 22 nitrogen and oxygen atoms in total. The summed E-state index contributed by atoms with van der Waals surface area (Å²) >= 11 is 0. The molecule has 0 aliphatic carbocycles. The van der Waals surface area contributed by atoms with Gasteiger partial charge in [0.1, 0.15) is 36.3 Å². The molecule has 3 aliphatic heterocycles. The van der Waals surface area contributed by atoms with Gasteiger partial charge in [-0.05, 0) is 6.92 Å². The van der Waals surface area contributed by atoms with Crippen molar-refractivity contribution in [3.63, 3.8) is 0 Å². The Kier molecular flexibility index (Phi) is 8.89. The molecule has 0 saturated carbocycles. The quantitative estimate of drug-likeness (QED) is 0.144. The molecule has 3 saturated heterocycles. The van der Waals surface area contributed by atoms with Crippen LogP contribution in [-0.4, -0.2) is 115 Å². The topological polar surface area (TPSA) is 302 Å². The number of imidazole rings is 1. The van der Waals surface area contributed by atoms with Crippen molar-refractivity contribution in [1.29, 1.82) is 0 Å². The standard InChI is InChI=1S/C19H25N5O17P2/c1-2-33-18(27)38-12-8(37-17-13(12)39-19(28)40-17)4-35-43(31,32)41-42(29,30)34-3-7-10(25)11(26)16(36-7)24-6-23-9-14(20)21-5-22-15(9)24/h5-8,10-13,16-17,25-26H,2-4H2,1H3,(H,29,30)(H,31,32)(H2,20,21,22)/t7-,8-,10-,11-,12-,13-,16-,17-/m1/s1. The minimum Gasteiger partial charge on any atom is -0.435 e. The summed E-state index contributed by atoms with van der Waals surface area (Å²) in [6.45, 7) is -0.357. The average molecular weight is 657 g/mol. The van der Waals surface area contributed by atoms with Crippen LogP contribution in [0.4, 0.5) is 15.4 Å². The highest BCUT2D eigenvalue weighted by molar-refractivity contribution is 7.61. The van der Waals surface area contributed by atoms with Gasteiger partial charge in [0.25, 0.3) is 0 Å². The second-order valence-corrected chi connectivity index (χ2v) is 12.0. The Labute approximate surface area is 239 Å². The number of ether oxygens (including phenoxy) is 6. The number of phosphoric ester groups is 2. The SMILES string of the molecule is CCOC(=O)O[C@H]1[C@H]2OC(=O)O[C@H]2O[C@@H]1COP(=O)(O)OP(=O)(O)OC[C@H]1O[C@@H](n2cnc3c(N)ncnc32)[C@H](O)[C@@H]1O. The van der Waals surface area contributed by atoms with E-state index in [1.807, 2.05) is 0 Å². The molecule has 0 radical (unpaired) electrons. The molecule has 3 fully saturated rings. The number of aromatic nitrogens is 4. The third-order valence-electron chi connectivity index (χ3n) is 6.22. The molecule has 43 heavy (non-hydrogen) atoms. The number of anilines is 1. The Hall–Kier alpha value is -3.01. The van der Waals surface area contributed by atoms with Crippen LogP contribution in [0.15, 0.2) is 12.7 Å². The van der Waals surface area contributed by atoms with E-state index in [0.717, 1.165) is 6.33 Å². The van der Waals surface area contributed by atoms with Crippen molar-refractivity contribution in [3.05, 3.63) is 12.7 Å². The van der Waals surface area contributed by atoms with E-state index >= 15 is 0 Å². The van der Waals surface area contributed by atoms with Crippen molar-refractivity contribution in [2.24, 2.45) is 0 Å². The lowest BCUT2D eigenvalue weighted by atomic mass is 10.1. The number of rotatable bonds is 11. The number of hydrogen-bond acceptors (Lipinski definition) is 19. The number of phosphoric acid groups is 2. The average Bonchev–Trinajstić information content (AvgIpc) is 3.66. The molecule has 5 rings (SSSR count). The Balaban J connectivity index is 1.16. The Morgan fingerprint density at radius 2 is 1.74 bits per heavy atom. The monoisotopic (exact) mass is 657 g/mol. The number of nitrogen functional groups attached to an aromatic ring is 1. The molecule has 238 valence electrons. The van der Waals surface area contributed by atoms with Gasteiger partial charge in [-0.25, -0.2) is 33.7 Å². The molecule has 0 aromatic carbocycles. The Bertz CT molecular complexity index is 1460. The van der Waals surface area contributed by atoms with Crippen molar-refractivity contribution in [2.45, 2.75) is 56.1 Å². The lowest BCUT2D eigenvalue weighted by Gasteiger charge is -2.22. The molecule has 0 bridgehead atoms. The van der Waals surface area contributed by atoms with E-state index in [-0.39, 0.29) is 23.6 Å². The van der Waals surface area contributed by atoms with Crippen molar-refractivity contribution in [3.8, 4) is 0 Å². The molecule has 5 heterocycles. The molecule has 24 heteroatoms. The molecule has 0 amide bonds. The number of fused-ring (bicyclic) bond motifs is 2. The van der Waals surface area contributed by atoms with Gasteiger partial charge in [0.15, 0.2) is 23.8 Å². The normalized spacial score (nSPS) is 32.9. The van der Waals surface area contributed by atoms with Gasteiger partial charge in [0.2, 0.25) is 12.4 Å². The summed E-state index contributed by atoms with van der Waals surface area (Å²) in [6, 6.07) is 0. The summed E-state index contributed by atoms with van der Waals surface area (Å²) in [4.78, 5) is 55.0. The maximum absolute atomic E-state index is 12.4. The summed E-state index contributed by atoms with van der Waals surface area (Å²) < 4.78 is 70.0. The third kappa shape index (κ3) is 6.74. The third-order valence-corrected chi connectivity index (χ3v) is 8.82. The van der Waals surface area contributed by atoms with Crippen LogP contribution in [0.3, 0.4) is 0 Å².